The molecule has 148 valence electrons. The summed E-state index contributed by atoms with van der Waals surface area (Å²) in [4.78, 5) is 31.4. The summed E-state index contributed by atoms with van der Waals surface area (Å²) in [7, 11) is 0. The zero-order valence-corrected chi connectivity index (χ0v) is 16.5. The Kier molecular flexibility index (Phi) is 4.36. The van der Waals surface area contributed by atoms with Crippen molar-refractivity contribution in [2.75, 3.05) is 5.32 Å². The van der Waals surface area contributed by atoms with E-state index in [4.69, 9.17) is 0 Å². The molecule has 2 N–H and O–H groups in total. The first-order chi connectivity index (χ1) is 14.6. The highest BCUT2D eigenvalue weighted by atomic mass is 16.2. The molecule has 3 aromatic carbocycles. The number of carbonyl (C=O) groups is 2. The molecule has 0 fully saturated rings. The smallest absolute Gasteiger partial charge is 0.255 e. The van der Waals surface area contributed by atoms with Crippen LogP contribution in [0.4, 0.5) is 5.69 Å². The Morgan fingerprint density at radius 3 is 2.47 bits per heavy atom. The van der Waals surface area contributed by atoms with Gasteiger partial charge in [-0.15, -0.1) is 0 Å². The molecule has 5 heteroatoms. The Balaban J connectivity index is 1.57. The average Bonchev–Trinajstić information content (AvgIpc) is 3.33. The van der Waals surface area contributed by atoms with E-state index in [1.165, 1.54) is 0 Å². The third-order valence-electron chi connectivity index (χ3n) is 5.75. The third-order valence-corrected chi connectivity index (χ3v) is 5.75. The van der Waals surface area contributed by atoms with E-state index < -0.39 is 6.04 Å². The van der Waals surface area contributed by atoms with E-state index >= 15 is 0 Å². The van der Waals surface area contributed by atoms with Crippen LogP contribution in [0, 0.1) is 0 Å². The molecule has 0 radical (unpaired) electrons. The number of benzene rings is 3. The number of aromatic amines is 1. The van der Waals surface area contributed by atoms with Crippen molar-refractivity contribution in [3.05, 3.63) is 102 Å². The molecule has 4 aromatic rings. The Labute approximate surface area is 174 Å². The first-order valence-electron chi connectivity index (χ1n) is 9.98. The van der Waals surface area contributed by atoms with Gasteiger partial charge in [-0.25, -0.2) is 0 Å². The largest absolute Gasteiger partial charge is 0.361 e. The van der Waals surface area contributed by atoms with Crippen LogP contribution in [0.2, 0.25) is 0 Å². The van der Waals surface area contributed by atoms with Gasteiger partial charge in [0.05, 0.1) is 6.04 Å². The molecule has 0 aliphatic carbocycles. The third kappa shape index (κ3) is 2.87. The lowest BCUT2D eigenvalue weighted by Crippen LogP contribution is -2.44. The topological polar surface area (TPSA) is 65.2 Å². The van der Waals surface area contributed by atoms with Crippen molar-refractivity contribution in [3.63, 3.8) is 0 Å². The highest BCUT2D eigenvalue weighted by Crippen LogP contribution is 2.42. The minimum Gasteiger partial charge on any atom is -0.361 e. The molecule has 0 saturated heterocycles. The van der Waals surface area contributed by atoms with Crippen molar-refractivity contribution in [2.45, 2.75) is 19.0 Å². The molecule has 5 rings (SSSR count). The van der Waals surface area contributed by atoms with Crippen LogP contribution in [0.1, 0.15) is 34.5 Å². The summed E-state index contributed by atoms with van der Waals surface area (Å²) in [6.07, 6.45) is 1.94. The molecular weight excluding hydrogens is 374 g/mol. The molecule has 2 heterocycles. The summed E-state index contributed by atoms with van der Waals surface area (Å²) in [5, 5.41) is 3.98. The predicted octanol–water partition coefficient (Wildman–Crippen LogP) is 4.74. The number of anilines is 1. The Bertz CT molecular complexity index is 1250. The number of para-hydroxylation sites is 2. The number of H-pyrrole nitrogens is 1. The Morgan fingerprint density at radius 1 is 0.933 bits per heavy atom. The van der Waals surface area contributed by atoms with Crippen molar-refractivity contribution in [2.24, 2.45) is 0 Å². The van der Waals surface area contributed by atoms with Crippen LogP contribution < -0.4 is 5.32 Å². The second kappa shape index (κ2) is 7.19. The van der Waals surface area contributed by atoms with Gasteiger partial charge in [0.15, 0.2) is 0 Å². The fourth-order valence-corrected chi connectivity index (χ4v) is 4.27. The molecule has 1 aliphatic heterocycles. The first kappa shape index (κ1) is 18.2. The molecule has 0 saturated carbocycles. The lowest BCUT2D eigenvalue weighted by atomic mass is 9.97. The van der Waals surface area contributed by atoms with Crippen LogP contribution in [0.3, 0.4) is 0 Å². The van der Waals surface area contributed by atoms with Gasteiger partial charge in [0.2, 0.25) is 5.91 Å². The molecular formula is C25H21N3O2. The van der Waals surface area contributed by atoms with Gasteiger partial charge in [0, 0.05) is 33.9 Å². The van der Waals surface area contributed by atoms with Gasteiger partial charge >= 0.3 is 0 Å². The second-order valence-electron chi connectivity index (χ2n) is 7.52. The summed E-state index contributed by atoms with van der Waals surface area (Å²) in [5.74, 6) is -0.344. The van der Waals surface area contributed by atoms with Crippen molar-refractivity contribution in [1.82, 2.24) is 9.88 Å². The van der Waals surface area contributed by atoms with Gasteiger partial charge in [-0.1, -0.05) is 54.6 Å². The second-order valence-corrected chi connectivity index (χ2v) is 7.52. The van der Waals surface area contributed by atoms with Gasteiger partial charge in [0.1, 0.15) is 6.04 Å². The number of nitrogens with one attached hydrogen (secondary N) is 2. The summed E-state index contributed by atoms with van der Waals surface area (Å²) in [6, 6.07) is 23.9. The van der Waals surface area contributed by atoms with Gasteiger partial charge in [0.25, 0.3) is 5.91 Å². The SMILES string of the molecule is C[C@@H](C(=O)Nc1ccccc1)N1C(=O)c2ccccc2[C@H]1c1c[nH]c2ccccc12. The summed E-state index contributed by atoms with van der Waals surface area (Å²) >= 11 is 0. The average molecular weight is 395 g/mol. The van der Waals surface area contributed by atoms with E-state index in [2.05, 4.69) is 10.3 Å². The number of fused-ring (bicyclic) bond motifs is 2. The van der Waals surface area contributed by atoms with Crippen molar-refractivity contribution in [1.29, 1.82) is 0 Å². The number of hydrogen-bond acceptors (Lipinski definition) is 2. The Hall–Kier alpha value is -3.86. The molecule has 0 spiro atoms. The normalized spacial score (nSPS) is 16.5. The molecule has 2 atom stereocenters. The number of hydrogen-bond donors (Lipinski definition) is 2. The number of rotatable bonds is 4. The van der Waals surface area contributed by atoms with Crippen LogP contribution in [-0.4, -0.2) is 27.7 Å². The maximum atomic E-state index is 13.4. The van der Waals surface area contributed by atoms with E-state index in [1.807, 2.05) is 85.1 Å². The monoisotopic (exact) mass is 395 g/mol. The predicted molar refractivity (Wildman–Crippen MR) is 117 cm³/mol. The molecule has 30 heavy (non-hydrogen) atoms. The minimum absolute atomic E-state index is 0.128. The van der Waals surface area contributed by atoms with Crippen molar-refractivity contribution < 1.29 is 9.59 Å². The van der Waals surface area contributed by atoms with Crippen LogP contribution in [0.25, 0.3) is 10.9 Å². The van der Waals surface area contributed by atoms with E-state index in [0.717, 1.165) is 22.0 Å². The van der Waals surface area contributed by atoms with Gasteiger partial charge < -0.3 is 15.2 Å². The van der Waals surface area contributed by atoms with Crippen molar-refractivity contribution >= 4 is 28.4 Å². The van der Waals surface area contributed by atoms with E-state index in [-0.39, 0.29) is 17.9 Å². The lowest BCUT2D eigenvalue weighted by molar-refractivity contribution is -0.120. The highest BCUT2D eigenvalue weighted by molar-refractivity contribution is 6.05. The number of aromatic nitrogens is 1. The molecule has 0 bridgehead atoms. The summed E-state index contributed by atoms with van der Waals surface area (Å²) < 4.78 is 0. The van der Waals surface area contributed by atoms with E-state index in [0.29, 0.717) is 11.3 Å². The molecule has 2 amide bonds. The standard InChI is InChI=1S/C25H21N3O2/c1-16(24(29)27-17-9-3-2-4-10-17)28-23(19-12-5-6-13-20(19)25(28)30)21-15-26-22-14-8-7-11-18(21)22/h2-16,23,26H,1H3,(H,27,29)/t16-,23-/m0/s1. The molecule has 0 unspecified atom stereocenters. The van der Waals surface area contributed by atoms with E-state index in [9.17, 15) is 9.59 Å². The van der Waals surface area contributed by atoms with Crippen LogP contribution in [0.15, 0.2) is 85.1 Å². The maximum absolute atomic E-state index is 13.4. The fraction of sp³-hybridized carbons (Fsp3) is 0.120. The fourth-order valence-electron chi connectivity index (χ4n) is 4.27. The van der Waals surface area contributed by atoms with Crippen LogP contribution in [0.5, 0.6) is 0 Å². The molecule has 5 nitrogen and oxygen atoms in total. The highest BCUT2D eigenvalue weighted by Gasteiger charge is 2.42. The van der Waals surface area contributed by atoms with E-state index in [1.54, 1.807) is 11.8 Å². The number of nitrogens with zero attached hydrogens (tertiary/aromatic N) is 1. The number of amides is 2. The molecule has 1 aromatic heterocycles. The Morgan fingerprint density at radius 2 is 1.63 bits per heavy atom. The summed E-state index contributed by atoms with van der Waals surface area (Å²) in [6.45, 7) is 1.78. The quantitative estimate of drug-likeness (QED) is 0.524. The van der Waals surface area contributed by atoms with Crippen LogP contribution >= 0.6 is 0 Å². The van der Waals surface area contributed by atoms with Gasteiger partial charge in [-0.05, 0) is 36.8 Å². The van der Waals surface area contributed by atoms with Crippen molar-refractivity contribution in [3.8, 4) is 0 Å². The maximum Gasteiger partial charge on any atom is 0.255 e. The zero-order valence-electron chi connectivity index (χ0n) is 16.5. The first-order valence-corrected chi connectivity index (χ1v) is 9.98. The summed E-state index contributed by atoms with van der Waals surface area (Å²) in [5.41, 5.74) is 4.27. The van der Waals surface area contributed by atoms with Gasteiger partial charge in [-0.2, -0.15) is 0 Å². The van der Waals surface area contributed by atoms with Crippen LogP contribution in [-0.2, 0) is 4.79 Å². The number of carbonyl (C=O) groups excluding carboxylic acids is 2. The van der Waals surface area contributed by atoms with Gasteiger partial charge in [-0.3, -0.25) is 9.59 Å². The minimum atomic E-state index is -0.649. The zero-order chi connectivity index (χ0) is 20.7. The lowest BCUT2D eigenvalue weighted by Gasteiger charge is -2.30. The molecule has 1 aliphatic rings.